The SMILES string of the molecule is CCCN1CCC(c2ccc(C(=O)N[C@H](C(=O)N3C[C@H](O)[C@H]4OCC(=O)[C@H]43)C3CCCC3)cc2)CC1. The summed E-state index contributed by atoms with van der Waals surface area (Å²) in [6.07, 6.45) is 5.67. The number of hydrogen-bond acceptors (Lipinski definition) is 6. The average Bonchev–Trinajstić information content (AvgIpc) is 3.63. The molecule has 4 aliphatic rings. The second-order valence-electron chi connectivity index (χ2n) is 11.0. The maximum Gasteiger partial charge on any atom is 0.251 e. The standard InChI is InChI=1S/C28H39N3O5/c1-2-13-30-14-11-19(12-15-30)18-7-9-21(10-8-18)27(34)29-24(20-5-3-4-6-20)28(35)31-16-22(32)26-25(31)23(33)17-36-26/h7-10,19-20,22,24-26,32H,2-6,11-17H2,1H3,(H,29,34)/t22-,24-,25+,26+/m0/s1. The molecule has 8 heteroatoms. The lowest BCUT2D eigenvalue weighted by atomic mass is 9.89. The van der Waals surface area contributed by atoms with Crippen LogP contribution < -0.4 is 5.32 Å². The molecule has 196 valence electrons. The molecular weight excluding hydrogens is 458 g/mol. The molecule has 2 amide bonds. The number of nitrogens with one attached hydrogen (secondary N) is 1. The third-order valence-corrected chi connectivity index (χ3v) is 8.64. The van der Waals surface area contributed by atoms with Crippen molar-refractivity contribution in [3.63, 3.8) is 0 Å². The summed E-state index contributed by atoms with van der Waals surface area (Å²) in [6.45, 7) is 5.59. The van der Waals surface area contributed by atoms with Gasteiger partial charge < -0.3 is 25.0 Å². The van der Waals surface area contributed by atoms with Gasteiger partial charge in [0, 0.05) is 5.56 Å². The molecule has 0 radical (unpaired) electrons. The van der Waals surface area contributed by atoms with E-state index in [0.29, 0.717) is 11.5 Å². The van der Waals surface area contributed by atoms with Crippen LogP contribution in [-0.4, -0.2) is 89.6 Å². The minimum atomic E-state index is -0.883. The molecule has 4 fully saturated rings. The fourth-order valence-corrected chi connectivity index (χ4v) is 6.64. The monoisotopic (exact) mass is 497 g/mol. The first-order chi connectivity index (χ1) is 17.5. The molecule has 1 aromatic rings. The van der Waals surface area contributed by atoms with Gasteiger partial charge in [-0.3, -0.25) is 14.4 Å². The molecule has 4 atom stereocenters. The lowest BCUT2D eigenvalue weighted by molar-refractivity contribution is -0.139. The molecule has 5 rings (SSSR count). The minimum absolute atomic E-state index is 0.0302. The molecule has 36 heavy (non-hydrogen) atoms. The van der Waals surface area contributed by atoms with Gasteiger partial charge in [-0.1, -0.05) is 31.9 Å². The van der Waals surface area contributed by atoms with E-state index < -0.39 is 24.3 Å². The molecule has 0 aromatic heterocycles. The first-order valence-corrected chi connectivity index (χ1v) is 13.7. The number of benzene rings is 1. The van der Waals surface area contributed by atoms with E-state index in [1.807, 2.05) is 12.1 Å². The number of piperidine rings is 1. The van der Waals surface area contributed by atoms with Crippen LogP contribution >= 0.6 is 0 Å². The molecule has 8 nitrogen and oxygen atoms in total. The first-order valence-electron chi connectivity index (χ1n) is 13.7. The van der Waals surface area contributed by atoms with Gasteiger partial charge in [-0.2, -0.15) is 0 Å². The number of β-amino-alcohol motifs (C(OH)–C–C–N with tert-alkyl or cyclic N) is 1. The van der Waals surface area contributed by atoms with Gasteiger partial charge in [-0.25, -0.2) is 0 Å². The normalized spacial score (nSPS) is 28.4. The summed E-state index contributed by atoms with van der Waals surface area (Å²) in [6, 6.07) is 6.37. The average molecular weight is 498 g/mol. The van der Waals surface area contributed by atoms with Crippen LogP contribution in [0, 0.1) is 5.92 Å². The van der Waals surface area contributed by atoms with Crippen molar-refractivity contribution in [3.05, 3.63) is 35.4 Å². The highest BCUT2D eigenvalue weighted by Crippen LogP contribution is 2.33. The Morgan fingerprint density at radius 3 is 2.47 bits per heavy atom. The van der Waals surface area contributed by atoms with E-state index in [2.05, 4.69) is 29.3 Å². The number of nitrogens with zero attached hydrogens (tertiary/aromatic N) is 2. The minimum Gasteiger partial charge on any atom is -0.388 e. The summed E-state index contributed by atoms with van der Waals surface area (Å²) in [5.74, 6) is -0.185. The Bertz CT molecular complexity index is 952. The fraction of sp³-hybridized carbons (Fsp3) is 0.679. The number of ether oxygens (including phenoxy) is 1. The van der Waals surface area contributed by atoms with Crippen LogP contribution in [0.2, 0.25) is 0 Å². The van der Waals surface area contributed by atoms with Crippen LogP contribution in [-0.2, 0) is 14.3 Å². The van der Waals surface area contributed by atoms with Crippen molar-refractivity contribution in [2.45, 2.75) is 82.1 Å². The number of amides is 2. The number of ketones is 1. The maximum atomic E-state index is 13.7. The van der Waals surface area contributed by atoms with E-state index in [0.717, 1.165) is 58.2 Å². The van der Waals surface area contributed by atoms with Crippen molar-refractivity contribution < 1.29 is 24.2 Å². The third-order valence-electron chi connectivity index (χ3n) is 8.64. The topological polar surface area (TPSA) is 99.2 Å². The van der Waals surface area contributed by atoms with Crippen molar-refractivity contribution in [2.24, 2.45) is 5.92 Å². The number of likely N-dealkylation sites (tertiary alicyclic amines) is 2. The molecule has 0 bridgehead atoms. The van der Waals surface area contributed by atoms with Crippen LogP contribution in [0.4, 0.5) is 0 Å². The fourth-order valence-electron chi connectivity index (χ4n) is 6.64. The maximum absolute atomic E-state index is 13.7. The van der Waals surface area contributed by atoms with E-state index in [-0.39, 0.29) is 36.7 Å². The zero-order valence-corrected chi connectivity index (χ0v) is 21.2. The van der Waals surface area contributed by atoms with Crippen molar-refractivity contribution in [3.8, 4) is 0 Å². The van der Waals surface area contributed by atoms with E-state index in [1.54, 1.807) is 0 Å². The predicted molar refractivity (Wildman–Crippen MR) is 135 cm³/mol. The van der Waals surface area contributed by atoms with Gasteiger partial charge in [0.15, 0.2) is 5.78 Å². The summed E-state index contributed by atoms with van der Waals surface area (Å²) in [5.41, 5.74) is 1.81. The quantitative estimate of drug-likeness (QED) is 0.599. The molecule has 1 aromatic carbocycles. The molecule has 0 unspecified atom stereocenters. The zero-order valence-electron chi connectivity index (χ0n) is 21.2. The van der Waals surface area contributed by atoms with Crippen LogP contribution in [0.3, 0.4) is 0 Å². The number of rotatable bonds is 7. The van der Waals surface area contributed by atoms with Gasteiger partial charge in [-0.15, -0.1) is 0 Å². The molecule has 2 N–H and O–H groups in total. The molecule has 1 saturated carbocycles. The van der Waals surface area contributed by atoms with E-state index >= 15 is 0 Å². The number of carbonyl (C=O) groups is 3. The molecule has 3 saturated heterocycles. The van der Waals surface area contributed by atoms with Gasteiger partial charge >= 0.3 is 0 Å². The Morgan fingerprint density at radius 1 is 1.11 bits per heavy atom. The Kier molecular flexibility index (Phi) is 7.74. The van der Waals surface area contributed by atoms with Gasteiger partial charge in [0.1, 0.15) is 30.9 Å². The van der Waals surface area contributed by atoms with Crippen LogP contribution in [0.1, 0.15) is 73.7 Å². The highest BCUT2D eigenvalue weighted by atomic mass is 16.5. The number of aliphatic hydroxyl groups is 1. The highest BCUT2D eigenvalue weighted by Gasteiger charge is 2.53. The zero-order chi connectivity index (χ0) is 25.2. The Morgan fingerprint density at radius 2 is 1.81 bits per heavy atom. The van der Waals surface area contributed by atoms with E-state index in [1.165, 1.54) is 16.9 Å². The Balaban J connectivity index is 1.26. The summed E-state index contributed by atoms with van der Waals surface area (Å²) < 4.78 is 5.43. The molecule has 0 spiro atoms. The van der Waals surface area contributed by atoms with Crippen LogP contribution in [0.15, 0.2) is 24.3 Å². The summed E-state index contributed by atoms with van der Waals surface area (Å²) in [5, 5.41) is 13.4. The molecule has 3 aliphatic heterocycles. The van der Waals surface area contributed by atoms with Gasteiger partial charge in [-0.05, 0) is 81.3 Å². The largest absolute Gasteiger partial charge is 0.388 e. The summed E-state index contributed by atoms with van der Waals surface area (Å²) in [4.78, 5) is 43.3. The predicted octanol–water partition coefficient (Wildman–Crippen LogP) is 2.10. The van der Waals surface area contributed by atoms with Crippen LogP contribution in [0.5, 0.6) is 0 Å². The van der Waals surface area contributed by atoms with Crippen molar-refractivity contribution in [1.29, 1.82) is 0 Å². The molecule has 3 heterocycles. The number of Topliss-reactive ketones (excluding diaryl/α,β-unsaturated/α-hetero) is 1. The number of fused-ring (bicyclic) bond motifs is 1. The second-order valence-corrected chi connectivity index (χ2v) is 11.0. The van der Waals surface area contributed by atoms with Crippen molar-refractivity contribution in [1.82, 2.24) is 15.1 Å². The summed E-state index contributed by atoms with van der Waals surface area (Å²) >= 11 is 0. The third kappa shape index (κ3) is 5.08. The van der Waals surface area contributed by atoms with E-state index in [4.69, 9.17) is 4.74 Å². The Labute approximate surface area is 213 Å². The number of aliphatic hydroxyl groups excluding tert-OH is 1. The summed E-state index contributed by atoms with van der Waals surface area (Å²) in [7, 11) is 0. The van der Waals surface area contributed by atoms with Crippen LogP contribution in [0.25, 0.3) is 0 Å². The number of hydrogen-bond donors (Lipinski definition) is 2. The lowest BCUT2D eigenvalue weighted by Crippen LogP contribution is -2.54. The van der Waals surface area contributed by atoms with E-state index in [9.17, 15) is 19.5 Å². The molecular formula is C28H39N3O5. The smallest absolute Gasteiger partial charge is 0.251 e. The van der Waals surface area contributed by atoms with Gasteiger partial charge in [0.05, 0.1) is 6.54 Å². The van der Waals surface area contributed by atoms with Gasteiger partial charge in [0.2, 0.25) is 5.91 Å². The van der Waals surface area contributed by atoms with Gasteiger partial charge in [0.25, 0.3) is 5.91 Å². The van der Waals surface area contributed by atoms with Crippen molar-refractivity contribution in [2.75, 3.05) is 32.8 Å². The Hall–Kier alpha value is -2.29. The van der Waals surface area contributed by atoms with Crippen molar-refractivity contribution >= 4 is 17.6 Å². The molecule has 1 aliphatic carbocycles. The second kappa shape index (κ2) is 11.0. The number of carbonyl (C=O) groups excluding carboxylic acids is 3. The first kappa shape index (κ1) is 25.4. The lowest BCUT2D eigenvalue weighted by Gasteiger charge is -2.32. The highest BCUT2D eigenvalue weighted by molar-refractivity contribution is 5.99.